The molecule has 0 aliphatic carbocycles. The van der Waals surface area contributed by atoms with Gasteiger partial charge in [-0.25, -0.2) is 4.79 Å². The fourth-order valence-corrected chi connectivity index (χ4v) is 1.79. The first-order valence-corrected chi connectivity index (χ1v) is 6.30. The fraction of sp³-hybridized carbons (Fsp3) is 0.118. The van der Waals surface area contributed by atoms with Gasteiger partial charge in [-0.2, -0.15) is 0 Å². The molecule has 102 valence electrons. The summed E-state index contributed by atoms with van der Waals surface area (Å²) in [5.74, 6) is -0.401. The molecule has 2 aromatic carbocycles. The van der Waals surface area contributed by atoms with Gasteiger partial charge >= 0.3 is 5.97 Å². The smallest absolute Gasteiger partial charge is 0.343 e. The molecule has 0 aliphatic rings. The van der Waals surface area contributed by atoms with Crippen molar-refractivity contribution in [2.75, 3.05) is 13.7 Å². The van der Waals surface area contributed by atoms with Crippen LogP contribution in [0.5, 0.6) is 0 Å². The Morgan fingerprint density at radius 1 is 0.950 bits per heavy atom. The SMILES string of the molecule is COC(=O)COC=C(c1ccccc1)c1ccccc1. The second kappa shape index (κ2) is 7.14. The van der Waals surface area contributed by atoms with Crippen LogP contribution in [0.1, 0.15) is 11.1 Å². The average molecular weight is 268 g/mol. The molecule has 0 bridgehead atoms. The molecule has 3 heteroatoms. The lowest BCUT2D eigenvalue weighted by atomic mass is 9.99. The molecule has 2 rings (SSSR count). The first-order valence-electron chi connectivity index (χ1n) is 6.30. The van der Waals surface area contributed by atoms with Gasteiger partial charge in [-0.3, -0.25) is 0 Å². The van der Waals surface area contributed by atoms with Gasteiger partial charge in [-0.15, -0.1) is 0 Å². The van der Waals surface area contributed by atoms with Crippen LogP contribution in [0.3, 0.4) is 0 Å². The van der Waals surface area contributed by atoms with Gasteiger partial charge in [0.25, 0.3) is 0 Å². The second-order valence-electron chi connectivity index (χ2n) is 4.15. The van der Waals surface area contributed by atoms with Crippen molar-refractivity contribution in [2.45, 2.75) is 0 Å². The largest absolute Gasteiger partial charge is 0.489 e. The third-order valence-electron chi connectivity index (χ3n) is 2.80. The number of ether oxygens (including phenoxy) is 2. The minimum atomic E-state index is -0.401. The molecular weight excluding hydrogens is 252 g/mol. The predicted molar refractivity (Wildman–Crippen MR) is 77.9 cm³/mol. The maximum absolute atomic E-state index is 11.1. The Hall–Kier alpha value is -2.55. The van der Waals surface area contributed by atoms with Gasteiger partial charge in [-0.1, -0.05) is 60.7 Å². The average Bonchev–Trinajstić information content (AvgIpc) is 2.53. The van der Waals surface area contributed by atoms with E-state index in [9.17, 15) is 4.79 Å². The normalized spacial score (nSPS) is 9.65. The van der Waals surface area contributed by atoms with E-state index in [1.54, 1.807) is 6.26 Å². The third-order valence-corrected chi connectivity index (χ3v) is 2.80. The number of hydrogen-bond donors (Lipinski definition) is 0. The van der Waals surface area contributed by atoms with Gasteiger partial charge in [0.1, 0.15) is 0 Å². The summed E-state index contributed by atoms with van der Waals surface area (Å²) in [7, 11) is 1.34. The Kier molecular flexibility index (Phi) is 4.95. The van der Waals surface area contributed by atoms with Crippen molar-refractivity contribution in [3.63, 3.8) is 0 Å². The van der Waals surface area contributed by atoms with E-state index >= 15 is 0 Å². The summed E-state index contributed by atoms with van der Waals surface area (Å²) in [4.78, 5) is 11.1. The highest BCUT2D eigenvalue weighted by molar-refractivity contribution is 5.79. The number of carbonyl (C=O) groups is 1. The Morgan fingerprint density at radius 2 is 1.45 bits per heavy atom. The van der Waals surface area contributed by atoms with E-state index in [0.29, 0.717) is 0 Å². The summed E-state index contributed by atoms with van der Waals surface area (Å²) in [6.45, 7) is -0.0976. The van der Waals surface area contributed by atoms with E-state index in [1.165, 1.54) is 7.11 Å². The van der Waals surface area contributed by atoms with Crippen molar-refractivity contribution in [2.24, 2.45) is 0 Å². The number of carbonyl (C=O) groups excluding carboxylic acids is 1. The summed E-state index contributed by atoms with van der Waals surface area (Å²) >= 11 is 0. The molecule has 2 aromatic rings. The summed E-state index contributed by atoms with van der Waals surface area (Å²) in [6.07, 6.45) is 1.60. The zero-order chi connectivity index (χ0) is 14.2. The number of rotatable bonds is 5. The van der Waals surface area contributed by atoms with Gasteiger partial charge in [0.15, 0.2) is 6.61 Å². The molecule has 0 heterocycles. The van der Waals surface area contributed by atoms with Crippen LogP contribution in [0.25, 0.3) is 5.57 Å². The van der Waals surface area contributed by atoms with Crippen LogP contribution in [0.4, 0.5) is 0 Å². The Balaban J connectivity index is 2.26. The number of hydrogen-bond acceptors (Lipinski definition) is 3. The van der Waals surface area contributed by atoms with E-state index in [4.69, 9.17) is 4.74 Å². The molecule has 3 nitrogen and oxygen atoms in total. The maximum Gasteiger partial charge on any atom is 0.343 e. The lowest BCUT2D eigenvalue weighted by Crippen LogP contribution is -2.07. The van der Waals surface area contributed by atoms with Crippen molar-refractivity contribution >= 4 is 11.5 Å². The Labute approximate surface area is 118 Å². The van der Waals surface area contributed by atoms with E-state index in [2.05, 4.69) is 4.74 Å². The first kappa shape index (κ1) is 13.9. The highest BCUT2D eigenvalue weighted by Gasteiger charge is 2.05. The fourth-order valence-electron chi connectivity index (χ4n) is 1.79. The van der Waals surface area contributed by atoms with Gasteiger partial charge in [0, 0.05) is 5.57 Å². The van der Waals surface area contributed by atoms with E-state index in [0.717, 1.165) is 16.7 Å². The molecule has 0 aliphatic heterocycles. The molecule has 0 aromatic heterocycles. The van der Waals surface area contributed by atoms with Crippen LogP contribution < -0.4 is 0 Å². The molecule has 0 saturated heterocycles. The van der Waals surface area contributed by atoms with E-state index in [-0.39, 0.29) is 6.61 Å². The van der Waals surface area contributed by atoms with Crippen LogP contribution >= 0.6 is 0 Å². The minimum Gasteiger partial charge on any atom is -0.489 e. The van der Waals surface area contributed by atoms with Crippen LogP contribution in [0.2, 0.25) is 0 Å². The van der Waals surface area contributed by atoms with E-state index < -0.39 is 5.97 Å². The topological polar surface area (TPSA) is 35.5 Å². The quantitative estimate of drug-likeness (QED) is 0.616. The van der Waals surface area contributed by atoms with Crippen LogP contribution in [0, 0.1) is 0 Å². The molecule has 0 radical (unpaired) electrons. The first-order chi connectivity index (χ1) is 9.81. The van der Waals surface area contributed by atoms with Crippen LogP contribution in [0.15, 0.2) is 66.9 Å². The van der Waals surface area contributed by atoms with Gasteiger partial charge < -0.3 is 9.47 Å². The molecule has 0 N–H and O–H groups in total. The molecular formula is C17H16O3. The molecule has 0 saturated carbocycles. The third kappa shape index (κ3) is 3.72. The molecule has 0 unspecified atom stereocenters. The zero-order valence-electron chi connectivity index (χ0n) is 11.3. The van der Waals surface area contributed by atoms with Gasteiger partial charge in [-0.05, 0) is 11.1 Å². The van der Waals surface area contributed by atoms with Gasteiger partial charge in [0.2, 0.25) is 0 Å². The van der Waals surface area contributed by atoms with Crippen molar-refractivity contribution < 1.29 is 14.3 Å². The monoisotopic (exact) mass is 268 g/mol. The number of methoxy groups -OCH3 is 1. The predicted octanol–water partition coefficient (Wildman–Crippen LogP) is 3.27. The summed E-state index contributed by atoms with van der Waals surface area (Å²) in [6, 6.07) is 19.8. The van der Waals surface area contributed by atoms with Crippen molar-refractivity contribution in [3.8, 4) is 0 Å². The molecule has 0 amide bonds. The number of benzene rings is 2. The minimum absolute atomic E-state index is 0.0976. The van der Waals surface area contributed by atoms with E-state index in [1.807, 2.05) is 60.7 Å². The molecule has 20 heavy (non-hydrogen) atoms. The highest BCUT2D eigenvalue weighted by Crippen LogP contribution is 2.22. The Bertz CT molecular complexity index is 532. The highest BCUT2D eigenvalue weighted by atomic mass is 16.6. The van der Waals surface area contributed by atoms with Crippen LogP contribution in [-0.2, 0) is 14.3 Å². The van der Waals surface area contributed by atoms with Crippen molar-refractivity contribution in [1.82, 2.24) is 0 Å². The number of esters is 1. The van der Waals surface area contributed by atoms with Crippen molar-refractivity contribution in [3.05, 3.63) is 78.1 Å². The Morgan fingerprint density at radius 3 is 1.90 bits per heavy atom. The maximum atomic E-state index is 11.1. The summed E-state index contributed by atoms with van der Waals surface area (Å²) in [5, 5.41) is 0. The zero-order valence-corrected chi connectivity index (χ0v) is 11.3. The summed E-state index contributed by atoms with van der Waals surface area (Å²) in [5.41, 5.74) is 2.99. The van der Waals surface area contributed by atoms with Crippen molar-refractivity contribution in [1.29, 1.82) is 0 Å². The van der Waals surface area contributed by atoms with Crippen LogP contribution in [-0.4, -0.2) is 19.7 Å². The lowest BCUT2D eigenvalue weighted by Gasteiger charge is -2.08. The van der Waals surface area contributed by atoms with Gasteiger partial charge in [0.05, 0.1) is 13.4 Å². The molecule has 0 fully saturated rings. The summed E-state index contributed by atoms with van der Waals surface area (Å²) < 4.78 is 9.87. The lowest BCUT2D eigenvalue weighted by molar-refractivity contribution is -0.143. The molecule has 0 atom stereocenters. The molecule has 0 spiro atoms. The standard InChI is InChI=1S/C17H16O3/c1-19-17(18)13-20-12-16(14-8-4-2-5-9-14)15-10-6-3-7-11-15/h2-12H,13H2,1H3. The second-order valence-corrected chi connectivity index (χ2v) is 4.15.